The van der Waals surface area contributed by atoms with Gasteiger partial charge in [-0.1, -0.05) is 27.7 Å². The monoisotopic (exact) mass is 230 g/mol. The van der Waals surface area contributed by atoms with Crippen LogP contribution in [-0.4, -0.2) is 47.8 Å². The summed E-state index contributed by atoms with van der Waals surface area (Å²) in [7, 11) is 0. The van der Waals surface area contributed by atoms with Crippen LogP contribution in [0.25, 0.3) is 0 Å². The number of hydrogen-bond donors (Lipinski definition) is 0. The van der Waals surface area contributed by atoms with E-state index in [1.54, 1.807) is 13.8 Å². The molecule has 0 heterocycles. The molecule has 5 heteroatoms. The summed E-state index contributed by atoms with van der Waals surface area (Å²) >= 11 is 0. The third-order valence-electron chi connectivity index (χ3n) is 0.984. The summed E-state index contributed by atoms with van der Waals surface area (Å²) in [4.78, 5) is 0. The first-order valence-electron chi connectivity index (χ1n) is 4.81. The van der Waals surface area contributed by atoms with Crippen molar-refractivity contribution < 1.29 is 19.7 Å². The van der Waals surface area contributed by atoms with Crippen molar-refractivity contribution in [1.29, 1.82) is 0 Å². The molecule has 0 amide bonds. The predicted octanol–water partition coefficient (Wildman–Crippen LogP) is -0.142. The van der Waals surface area contributed by atoms with Gasteiger partial charge in [-0.05, 0) is 25.4 Å². The van der Waals surface area contributed by atoms with Gasteiger partial charge in [0.05, 0.1) is 0 Å². The molecule has 0 aliphatic heterocycles. The molecule has 0 aromatic heterocycles. The van der Waals surface area contributed by atoms with E-state index in [1.807, 2.05) is 0 Å². The van der Waals surface area contributed by atoms with Gasteiger partial charge in [0, 0.05) is 13.2 Å². The zero-order valence-corrected chi connectivity index (χ0v) is 12.2. The van der Waals surface area contributed by atoms with Gasteiger partial charge >= 0.3 is 23.1 Å². The molecule has 0 bridgehead atoms. The van der Waals surface area contributed by atoms with Gasteiger partial charge < -0.3 is 19.7 Å². The normalized spacial score (nSPS) is 11.2. The molecule has 0 spiro atoms. The average molecular weight is 231 g/mol. The second-order valence-corrected chi connectivity index (χ2v) is 3.67. The molecule has 0 N–H and O–H groups in total. The van der Waals surface area contributed by atoms with E-state index in [-0.39, 0.29) is 23.1 Å². The fourth-order valence-electron chi connectivity index (χ4n) is 0.695. The van der Waals surface area contributed by atoms with Crippen LogP contribution in [0, 0.1) is 0 Å². The standard InChI is InChI=1S/2C5H11O2.Mg/c2*1-4-7-5(2,3)6;/h2*4H2,1-3H3;/q2*-1;+2. The van der Waals surface area contributed by atoms with Crippen molar-refractivity contribution in [1.82, 2.24) is 0 Å². The van der Waals surface area contributed by atoms with Crippen molar-refractivity contribution in [2.75, 3.05) is 13.2 Å². The Morgan fingerprint density at radius 3 is 1.00 bits per heavy atom. The molecule has 0 radical (unpaired) electrons. The molecule has 0 saturated carbocycles. The Bertz CT molecular complexity index is 110. The average Bonchev–Trinajstić information content (AvgIpc) is 1.81. The van der Waals surface area contributed by atoms with Crippen LogP contribution >= 0.6 is 0 Å². The Morgan fingerprint density at radius 1 is 0.800 bits per heavy atom. The molecule has 0 rings (SSSR count). The summed E-state index contributed by atoms with van der Waals surface area (Å²) in [5, 5.41) is 21.0. The largest absolute Gasteiger partial charge is 2.00 e. The molecule has 88 valence electrons. The second-order valence-electron chi connectivity index (χ2n) is 3.67. The summed E-state index contributed by atoms with van der Waals surface area (Å²) in [6.45, 7) is 10.6. The predicted molar refractivity (Wildman–Crippen MR) is 57.2 cm³/mol. The molecular weight excluding hydrogens is 208 g/mol. The van der Waals surface area contributed by atoms with E-state index < -0.39 is 11.6 Å². The Kier molecular flexibility index (Phi) is 13.7. The van der Waals surface area contributed by atoms with Gasteiger partial charge in [-0.25, -0.2) is 0 Å². The molecule has 0 aromatic rings. The Morgan fingerprint density at radius 2 is 1.00 bits per heavy atom. The summed E-state index contributed by atoms with van der Waals surface area (Å²) in [6, 6.07) is 0. The zero-order chi connectivity index (χ0) is 11.8. The fourth-order valence-corrected chi connectivity index (χ4v) is 0.695. The van der Waals surface area contributed by atoms with Crippen LogP contribution in [0.3, 0.4) is 0 Å². The van der Waals surface area contributed by atoms with E-state index in [0.29, 0.717) is 13.2 Å². The van der Waals surface area contributed by atoms with Crippen LogP contribution in [0.2, 0.25) is 0 Å². The molecule has 0 aromatic carbocycles. The molecular formula is C10H22MgO4. The van der Waals surface area contributed by atoms with E-state index >= 15 is 0 Å². The van der Waals surface area contributed by atoms with Crippen LogP contribution < -0.4 is 10.2 Å². The van der Waals surface area contributed by atoms with Gasteiger partial charge in [-0.2, -0.15) is 0 Å². The smallest absolute Gasteiger partial charge is 0.829 e. The van der Waals surface area contributed by atoms with Gasteiger partial charge in [-0.3, -0.25) is 0 Å². The third-order valence-corrected chi connectivity index (χ3v) is 0.984. The topological polar surface area (TPSA) is 64.6 Å². The van der Waals surface area contributed by atoms with E-state index in [1.165, 1.54) is 27.7 Å². The quantitative estimate of drug-likeness (QED) is 0.498. The number of ether oxygens (including phenoxy) is 2. The molecule has 0 aliphatic rings. The number of rotatable bonds is 4. The summed E-state index contributed by atoms with van der Waals surface area (Å²) in [5.41, 5.74) is 0. The van der Waals surface area contributed by atoms with Crippen molar-refractivity contribution in [3.8, 4) is 0 Å². The van der Waals surface area contributed by atoms with Crippen molar-refractivity contribution in [2.45, 2.75) is 53.1 Å². The SMILES string of the molecule is CCOC(C)(C)[O-].CCOC(C)(C)[O-].[Mg+2]. The van der Waals surface area contributed by atoms with E-state index in [4.69, 9.17) is 0 Å². The first-order chi connectivity index (χ1) is 6.12. The van der Waals surface area contributed by atoms with Crippen molar-refractivity contribution >= 4 is 23.1 Å². The van der Waals surface area contributed by atoms with Crippen molar-refractivity contribution in [3.63, 3.8) is 0 Å². The minimum absolute atomic E-state index is 0. The summed E-state index contributed by atoms with van der Waals surface area (Å²) in [5.74, 6) is -2.40. The van der Waals surface area contributed by atoms with Gasteiger partial charge in [0.1, 0.15) is 0 Å². The maximum Gasteiger partial charge on any atom is 2.00 e. The van der Waals surface area contributed by atoms with Gasteiger partial charge in [0.2, 0.25) is 0 Å². The van der Waals surface area contributed by atoms with Crippen molar-refractivity contribution in [2.24, 2.45) is 0 Å². The molecule has 4 nitrogen and oxygen atoms in total. The number of hydrogen-bond acceptors (Lipinski definition) is 4. The molecule has 0 aliphatic carbocycles. The molecule has 0 fully saturated rings. The Labute approximate surface area is 109 Å². The van der Waals surface area contributed by atoms with Crippen LogP contribution in [0.15, 0.2) is 0 Å². The van der Waals surface area contributed by atoms with Crippen molar-refractivity contribution in [3.05, 3.63) is 0 Å². The maximum absolute atomic E-state index is 10.5. The molecule has 0 atom stereocenters. The van der Waals surface area contributed by atoms with E-state index in [2.05, 4.69) is 9.47 Å². The Balaban J connectivity index is -0.000000180. The van der Waals surface area contributed by atoms with Crippen LogP contribution in [0.4, 0.5) is 0 Å². The molecule has 0 saturated heterocycles. The van der Waals surface area contributed by atoms with E-state index in [9.17, 15) is 10.2 Å². The van der Waals surface area contributed by atoms with E-state index in [0.717, 1.165) is 0 Å². The minimum atomic E-state index is -1.20. The van der Waals surface area contributed by atoms with Crippen LogP contribution in [0.1, 0.15) is 41.5 Å². The summed E-state index contributed by atoms with van der Waals surface area (Å²) < 4.78 is 9.35. The fraction of sp³-hybridized carbons (Fsp3) is 1.00. The van der Waals surface area contributed by atoms with Gasteiger partial charge in [0.25, 0.3) is 0 Å². The maximum atomic E-state index is 10.5. The second kappa shape index (κ2) is 9.81. The van der Waals surface area contributed by atoms with Gasteiger partial charge in [-0.15, -0.1) is 0 Å². The first-order valence-corrected chi connectivity index (χ1v) is 4.81. The molecule has 15 heavy (non-hydrogen) atoms. The first kappa shape index (κ1) is 21.0. The van der Waals surface area contributed by atoms with Crippen LogP contribution in [-0.2, 0) is 9.47 Å². The van der Waals surface area contributed by atoms with Gasteiger partial charge in [0.15, 0.2) is 0 Å². The summed E-state index contributed by atoms with van der Waals surface area (Å²) in [6.07, 6.45) is 0. The Hall–Kier alpha value is 0.606. The minimum Gasteiger partial charge on any atom is -0.829 e. The third kappa shape index (κ3) is 31.3. The molecule has 0 unspecified atom stereocenters. The van der Waals surface area contributed by atoms with Crippen LogP contribution in [0.5, 0.6) is 0 Å². The zero-order valence-electron chi connectivity index (χ0n) is 10.8.